The van der Waals surface area contributed by atoms with Gasteiger partial charge in [0.15, 0.2) is 0 Å². The first-order chi connectivity index (χ1) is 8.35. The Labute approximate surface area is 107 Å². The number of benzene rings is 1. The second-order valence-corrected chi connectivity index (χ2v) is 4.84. The molecule has 0 bridgehead atoms. The molecule has 0 saturated heterocycles. The highest BCUT2D eigenvalue weighted by atomic mass is 16.7. The van der Waals surface area contributed by atoms with Gasteiger partial charge in [-0.05, 0) is 38.8 Å². The van der Waals surface area contributed by atoms with E-state index in [-0.39, 0.29) is 6.61 Å². The number of aliphatic hydroxyl groups excluding tert-OH is 1. The molecule has 0 aliphatic heterocycles. The van der Waals surface area contributed by atoms with E-state index >= 15 is 0 Å². The lowest BCUT2D eigenvalue weighted by Crippen LogP contribution is -2.40. The first-order valence-corrected chi connectivity index (χ1v) is 5.78. The molecule has 1 aromatic carbocycles. The highest BCUT2D eigenvalue weighted by Gasteiger charge is 2.19. The van der Waals surface area contributed by atoms with Crippen LogP contribution in [0.15, 0.2) is 18.2 Å². The molecule has 0 fully saturated rings. The molecule has 0 aliphatic rings. The largest absolute Gasteiger partial charge is 0.393 e. The minimum Gasteiger partial charge on any atom is -0.393 e. The van der Waals surface area contributed by atoms with Gasteiger partial charge in [-0.25, -0.2) is 10.3 Å². The van der Waals surface area contributed by atoms with E-state index < -0.39 is 11.6 Å². The lowest BCUT2D eigenvalue weighted by molar-refractivity contribution is -0.0907. The van der Waals surface area contributed by atoms with Crippen LogP contribution in [-0.2, 0) is 4.84 Å². The molecular weight excluding hydrogens is 232 g/mol. The molecule has 1 rings (SSSR count). The molecule has 0 radical (unpaired) electrons. The van der Waals surface area contributed by atoms with Crippen LogP contribution in [0.4, 0.5) is 10.5 Å². The van der Waals surface area contributed by atoms with Crippen molar-refractivity contribution in [2.45, 2.75) is 33.3 Å². The minimum atomic E-state index is -0.807. The number of para-hydroxylation sites is 1. The summed E-state index contributed by atoms with van der Waals surface area (Å²) in [5.41, 5.74) is 4.18. The highest BCUT2D eigenvalue weighted by molar-refractivity contribution is 5.90. The third-order valence-corrected chi connectivity index (χ3v) is 2.52. The smallest absolute Gasteiger partial charge is 0.343 e. The molecular formula is C13H20N2O3. The van der Waals surface area contributed by atoms with Crippen LogP contribution in [0.25, 0.3) is 0 Å². The molecule has 5 nitrogen and oxygen atoms in total. The summed E-state index contributed by atoms with van der Waals surface area (Å²) < 4.78 is 0. The summed E-state index contributed by atoms with van der Waals surface area (Å²) >= 11 is 0. The zero-order valence-electron chi connectivity index (χ0n) is 11.2. The van der Waals surface area contributed by atoms with Gasteiger partial charge < -0.3 is 10.4 Å². The zero-order chi connectivity index (χ0) is 13.8. The van der Waals surface area contributed by atoms with E-state index in [0.29, 0.717) is 0 Å². The summed E-state index contributed by atoms with van der Waals surface area (Å²) in [4.78, 5) is 16.7. The van der Waals surface area contributed by atoms with E-state index in [1.165, 1.54) is 0 Å². The number of aryl methyl sites for hydroxylation is 2. The summed E-state index contributed by atoms with van der Waals surface area (Å²) in [6, 6.07) is 5.30. The maximum atomic E-state index is 11.7. The van der Waals surface area contributed by atoms with Crippen molar-refractivity contribution in [3.05, 3.63) is 29.3 Å². The molecule has 0 aliphatic carbocycles. The Bertz CT molecular complexity index is 410. The number of urea groups is 1. The van der Waals surface area contributed by atoms with Crippen LogP contribution in [0, 0.1) is 13.8 Å². The Kier molecular flexibility index (Phi) is 4.69. The maximum absolute atomic E-state index is 11.7. The maximum Gasteiger partial charge on any atom is 0.343 e. The fourth-order valence-corrected chi connectivity index (χ4v) is 1.37. The summed E-state index contributed by atoms with van der Waals surface area (Å²) in [5.74, 6) is 0. The second-order valence-electron chi connectivity index (χ2n) is 4.84. The number of carbonyl (C=O) groups is 1. The van der Waals surface area contributed by atoms with Crippen molar-refractivity contribution in [2.75, 3.05) is 11.9 Å². The molecule has 0 heterocycles. The van der Waals surface area contributed by atoms with E-state index in [2.05, 4.69) is 10.8 Å². The minimum absolute atomic E-state index is 0.184. The third kappa shape index (κ3) is 4.01. The first-order valence-electron chi connectivity index (χ1n) is 5.78. The Hall–Kier alpha value is -1.59. The van der Waals surface area contributed by atoms with E-state index in [9.17, 15) is 4.79 Å². The Morgan fingerprint density at radius 3 is 2.39 bits per heavy atom. The van der Waals surface area contributed by atoms with Gasteiger partial charge >= 0.3 is 6.03 Å². The van der Waals surface area contributed by atoms with Crippen molar-refractivity contribution in [3.63, 3.8) is 0 Å². The molecule has 1 aromatic rings. The van der Waals surface area contributed by atoms with Crippen molar-refractivity contribution in [2.24, 2.45) is 0 Å². The molecule has 3 N–H and O–H groups in total. The van der Waals surface area contributed by atoms with Crippen LogP contribution >= 0.6 is 0 Å². The lowest BCUT2D eigenvalue weighted by atomic mass is 10.1. The normalized spacial score (nSPS) is 11.2. The fraction of sp³-hybridized carbons (Fsp3) is 0.462. The van der Waals surface area contributed by atoms with Crippen molar-refractivity contribution >= 4 is 11.7 Å². The van der Waals surface area contributed by atoms with Crippen LogP contribution in [0.5, 0.6) is 0 Å². The molecule has 0 saturated carbocycles. The number of hydrogen-bond acceptors (Lipinski definition) is 3. The number of anilines is 1. The molecule has 0 aromatic heterocycles. The number of rotatable bonds is 4. The van der Waals surface area contributed by atoms with E-state index in [1.54, 1.807) is 13.8 Å². The van der Waals surface area contributed by atoms with Gasteiger partial charge in [0.05, 0.1) is 6.61 Å². The number of amides is 2. The van der Waals surface area contributed by atoms with Gasteiger partial charge in [0.2, 0.25) is 0 Å². The van der Waals surface area contributed by atoms with Gasteiger partial charge in [-0.15, -0.1) is 0 Å². The monoisotopic (exact) mass is 252 g/mol. The summed E-state index contributed by atoms with van der Waals surface area (Å²) in [7, 11) is 0. The number of hydrogen-bond donors (Lipinski definition) is 3. The average molecular weight is 252 g/mol. The summed E-state index contributed by atoms with van der Waals surface area (Å²) in [6.45, 7) is 7.00. The molecule has 0 spiro atoms. The van der Waals surface area contributed by atoms with E-state index in [0.717, 1.165) is 16.8 Å². The Morgan fingerprint density at radius 2 is 1.89 bits per heavy atom. The van der Waals surface area contributed by atoms with Gasteiger partial charge in [-0.1, -0.05) is 18.2 Å². The standard InChI is InChI=1S/C13H20N2O3/c1-9-6-5-7-10(2)11(9)14-12(17)15-18-13(3,4)8-16/h5-7,16H,8H2,1-4H3,(H2,14,15,17). The van der Waals surface area contributed by atoms with Crippen molar-refractivity contribution in [1.29, 1.82) is 0 Å². The van der Waals surface area contributed by atoms with Gasteiger partial charge in [0.1, 0.15) is 5.60 Å². The van der Waals surface area contributed by atoms with Crippen molar-refractivity contribution in [1.82, 2.24) is 5.48 Å². The van der Waals surface area contributed by atoms with Crippen LogP contribution in [0.1, 0.15) is 25.0 Å². The van der Waals surface area contributed by atoms with Gasteiger partial charge in [0, 0.05) is 5.69 Å². The second kappa shape index (κ2) is 5.84. The topological polar surface area (TPSA) is 70.6 Å². The third-order valence-electron chi connectivity index (χ3n) is 2.52. The summed E-state index contributed by atoms with van der Waals surface area (Å²) in [5, 5.41) is 11.7. The van der Waals surface area contributed by atoms with Crippen LogP contribution in [0.3, 0.4) is 0 Å². The molecule has 2 amide bonds. The van der Waals surface area contributed by atoms with Crippen LogP contribution in [-0.4, -0.2) is 23.3 Å². The molecule has 5 heteroatoms. The number of carbonyl (C=O) groups excluding carboxylic acids is 1. The van der Waals surface area contributed by atoms with Crippen molar-refractivity contribution in [3.8, 4) is 0 Å². The Morgan fingerprint density at radius 1 is 1.33 bits per heavy atom. The van der Waals surface area contributed by atoms with Crippen LogP contribution in [0.2, 0.25) is 0 Å². The fourth-order valence-electron chi connectivity index (χ4n) is 1.37. The predicted octanol–water partition coefficient (Wildman–Crippen LogP) is 2.13. The SMILES string of the molecule is Cc1cccc(C)c1NC(=O)NOC(C)(C)CO. The number of hydroxylamine groups is 1. The molecule has 0 atom stereocenters. The molecule has 18 heavy (non-hydrogen) atoms. The number of nitrogens with one attached hydrogen (secondary N) is 2. The Balaban J connectivity index is 2.61. The highest BCUT2D eigenvalue weighted by Crippen LogP contribution is 2.19. The first kappa shape index (κ1) is 14.5. The average Bonchev–Trinajstić information content (AvgIpc) is 2.32. The number of aliphatic hydroxyl groups is 1. The lowest BCUT2D eigenvalue weighted by Gasteiger charge is -2.22. The van der Waals surface area contributed by atoms with Gasteiger partial charge in [-0.2, -0.15) is 0 Å². The quantitative estimate of drug-likeness (QED) is 0.719. The van der Waals surface area contributed by atoms with E-state index in [1.807, 2.05) is 32.0 Å². The van der Waals surface area contributed by atoms with Gasteiger partial charge in [-0.3, -0.25) is 4.84 Å². The van der Waals surface area contributed by atoms with Gasteiger partial charge in [0.25, 0.3) is 0 Å². The molecule has 100 valence electrons. The van der Waals surface area contributed by atoms with E-state index in [4.69, 9.17) is 9.94 Å². The summed E-state index contributed by atoms with van der Waals surface area (Å²) in [6.07, 6.45) is 0. The molecule has 0 unspecified atom stereocenters. The predicted molar refractivity (Wildman–Crippen MR) is 70.3 cm³/mol. The van der Waals surface area contributed by atoms with Crippen LogP contribution < -0.4 is 10.8 Å². The van der Waals surface area contributed by atoms with Crippen molar-refractivity contribution < 1.29 is 14.7 Å². The zero-order valence-corrected chi connectivity index (χ0v) is 11.2.